The molecule has 0 aliphatic carbocycles. The SMILES string of the molecule is CCC/C=C\C/C=C\CCCCCCCC(=O)OC(COCCCCCCCCCCCCC/C=C\C/C=C\C/C=C\CCCCCCC)COP(=O)([O-])OCC[N+](C)(C)C. The van der Waals surface area contributed by atoms with E-state index in [4.69, 9.17) is 18.5 Å². The second-order valence-corrected chi connectivity index (χ2v) is 19.2. The minimum absolute atomic E-state index is 0.0206. The zero-order chi connectivity index (χ0) is 44.8. The zero-order valence-electron chi connectivity index (χ0n) is 40.4. The number of rotatable bonds is 46. The average Bonchev–Trinajstić information content (AvgIpc) is 3.22. The number of carbonyl (C=O) groups is 1. The molecular formula is C52H96NO7P. The maximum absolute atomic E-state index is 12.7. The summed E-state index contributed by atoms with van der Waals surface area (Å²) in [6, 6.07) is 0. The van der Waals surface area contributed by atoms with Crippen LogP contribution in [-0.2, 0) is 27.9 Å². The predicted molar refractivity (Wildman–Crippen MR) is 259 cm³/mol. The van der Waals surface area contributed by atoms with Gasteiger partial charge in [0.2, 0.25) is 0 Å². The number of unbranched alkanes of at least 4 members (excludes halogenated alkanes) is 22. The lowest BCUT2D eigenvalue weighted by Gasteiger charge is -2.28. The quantitative estimate of drug-likeness (QED) is 0.0198. The van der Waals surface area contributed by atoms with Gasteiger partial charge in [-0.25, -0.2) is 0 Å². The maximum Gasteiger partial charge on any atom is 0.306 e. The number of hydrogen-bond acceptors (Lipinski definition) is 7. The fourth-order valence-corrected chi connectivity index (χ4v) is 7.38. The van der Waals surface area contributed by atoms with Gasteiger partial charge in [0.05, 0.1) is 34.4 Å². The highest BCUT2D eigenvalue weighted by molar-refractivity contribution is 7.45. The monoisotopic (exact) mass is 878 g/mol. The summed E-state index contributed by atoms with van der Waals surface area (Å²) in [5.41, 5.74) is 0. The molecule has 0 radical (unpaired) electrons. The molecule has 0 N–H and O–H groups in total. The Morgan fingerprint density at radius 1 is 0.508 bits per heavy atom. The molecule has 0 saturated carbocycles. The average molecular weight is 878 g/mol. The van der Waals surface area contributed by atoms with E-state index < -0.39 is 13.9 Å². The molecule has 0 spiro atoms. The summed E-state index contributed by atoms with van der Waals surface area (Å²) < 4.78 is 34.7. The first-order valence-electron chi connectivity index (χ1n) is 25.0. The van der Waals surface area contributed by atoms with Gasteiger partial charge in [-0.1, -0.05) is 184 Å². The van der Waals surface area contributed by atoms with Crippen molar-refractivity contribution in [3.8, 4) is 0 Å². The summed E-state index contributed by atoms with van der Waals surface area (Å²) in [5.74, 6) is -0.350. The third-order valence-electron chi connectivity index (χ3n) is 10.5. The molecule has 0 aliphatic rings. The van der Waals surface area contributed by atoms with Gasteiger partial charge in [0.25, 0.3) is 7.82 Å². The van der Waals surface area contributed by atoms with Crippen molar-refractivity contribution in [1.82, 2.24) is 0 Å². The molecule has 2 atom stereocenters. The molecule has 0 fully saturated rings. The first-order chi connectivity index (χ1) is 29.6. The minimum atomic E-state index is -4.53. The number of phosphoric ester groups is 1. The van der Waals surface area contributed by atoms with Crippen LogP contribution < -0.4 is 4.89 Å². The van der Waals surface area contributed by atoms with Crippen LogP contribution in [-0.4, -0.2) is 70.7 Å². The van der Waals surface area contributed by atoms with Crippen molar-refractivity contribution in [2.45, 2.75) is 213 Å². The lowest BCUT2D eigenvalue weighted by molar-refractivity contribution is -0.870. The van der Waals surface area contributed by atoms with Crippen molar-refractivity contribution in [2.75, 3.05) is 54.1 Å². The molecule has 0 rings (SSSR count). The van der Waals surface area contributed by atoms with Crippen molar-refractivity contribution >= 4 is 13.8 Å². The molecule has 0 bridgehead atoms. The summed E-state index contributed by atoms with van der Waals surface area (Å²) in [5, 5.41) is 0. The van der Waals surface area contributed by atoms with E-state index in [1.165, 1.54) is 109 Å². The van der Waals surface area contributed by atoms with Crippen LogP contribution in [0.3, 0.4) is 0 Å². The first kappa shape index (κ1) is 59.2. The topological polar surface area (TPSA) is 94.1 Å². The standard InChI is InChI=1S/C52H96NO7P/c1-6-8-10-12-14-16-18-20-21-22-23-24-25-26-27-28-29-30-31-32-34-36-38-40-42-44-47-57-49-51(50-59-61(55,56)58-48-46-53(3,4)5)60-52(54)45-43-41-39-37-35-33-19-17-15-13-11-9-7-2/h11,13,17-20,22-23,25-26,51H,6-10,12,14-16,21,24,27-50H2,1-5H3/b13-11-,19-17-,20-18-,23-22-,26-25-. The number of carbonyl (C=O) groups excluding carboxylic acids is 1. The third-order valence-corrected chi connectivity index (χ3v) is 11.5. The van der Waals surface area contributed by atoms with Gasteiger partial charge in [-0.05, 0) is 77.0 Å². The van der Waals surface area contributed by atoms with Gasteiger partial charge < -0.3 is 27.9 Å². The number of likely N-dealkylation sites (N-methyl/N-ethyl adjacent to an activating group) is 1. The van der Waals surface area contributed by atoms with Crippen LogP contribution in [0.2, 0.25) is 0 Å². The molecule has 0 aromatic rings. The van der Waals surface area contributed by atoms with Gasteiger partial charge in [0, 0.05) is 13.0 Å². The predicted octanol–water partition coefficient (Wildman–Crippen LogP) is 14.6. The smallest absolute Gasteiger partial charge is 0.306 e. The van der Waals surface area contributed by atoms with Crippen LogP contribution in [0.5, 0.6) is 0 Å². The normalized spacial score (nSPS) is 14.1. The second-order valence-electron chi connectivity index (χ2n) is 17.8. The molecule has 0 aromatic carbocycles. The Bertz CT molecular complexity index is 1160. The molecule has 0 aromatic heterocycles. The highest BCUT2D eigenvalue weighted by Crippen LogP contribution is 2.38. The van der Waals surface area contributed by atoms with E-state index in [9.17, 15) is 14.3 Å². The van der Waals surface area contributed by atoms with Crippen molar-refractivity contribution in [1.29, 1.82) is 0 Å². The van der Waals surface area contributed by atoms with Crippen molar-refractivity contribution in [3.63, 3.8) is 0 Å². The molecule has 0 heterocycles. The molecule has 8 nitrogen and oxygen atoms in total. The Morgan fingerprint density at radius 2 is 0.934 bits per heavy atom. The van der Waals surface area contributed by atoms with Crippen molar-refractivity contribution in [2.24, 2.45) is 0 Å². The van der Waals surface area contributed by atoms with Crippen LogP contribution in [0.4, 0.5) is 0 Å². The lowest BCUT2D eigenvalue weighted by Crippen LogP contribution is -2.37. The van der Waals surface area contributed by atoms with E-state index in [0.29, 0.717) is 24.1 Å². The number of esters is 1. The fraction of sp³-hybridized carbons (Fsp3) is 0.788. The van der Waals surface area contributed by atoms with Crippen LogP contribution >= 0.6 is 7.82 Å². The van der Waals surface area contributed by atoms with Crippen LogP contribution in [0.15, 0.2) is 60.8 Å². The summed E-state index contributed by atoms with van der Waals surface area (Å²) in [6.45, 7) is 5.31. The van der Waals surface area contributed by atoms with E-state index >= 15 is 0 Å². The van der Waals surface area contributed by atoms with Gasteiger partial charge in [0.1, 0.15) is 19.3 Å². The Morgan fingerprint density at radius 3 is 1.41 bits per heavy atom. The molecule has 9 heteroatoms. The zero-order valence-corrected chi connectivity index (χ0v) is 41.2. The Kier molecular flexibility index (Phi) is 43.5. The number of phosphoric acid groups is 1. The number of quaternary nitrogens is 1. The van der Waals surface area contributed by atoms with E-state index in [1.54, 1.807) is 0 Å². The van der Waals surface area contributed by atoms with Crippen molar-refractivity contribution in [3.05, 3.63) is 60.8 Å². The lowest BCUT2D eigenvalue weighted by atomic mass is 10.1. The third kappa shape index (κ3) is 49.1. The highest BCUT2D eigenvalue weighted by atomic mass is 31.2. The van der Waals surface area contributed by atoms with Gasteiger partial charge in [-0.3, -0.25) is 9.36 Å². The van der Waals surface area contributed by atoms with Crippen LogP contribution in [0, 0.1) is 0 Å². The van der Waals surface area contributed by atoms with Gasteiger partial charge >= 0.3 is 5.97 Å². The van der Waals surface area contributed by atoms with Crippen LogP contribution in [0.25, 0.3) is 0 Å². The first-order valence-corrected chi connectivity index (χ1v) is 26.5. The summed E-state index contributed by atoms with van der Waals surface area (Å²) in [7, 11) is 1.34. The summed E-state index contributed by atoms with van der Waals surface area (Å²) in [6.07, 6.45) is 56.8. The number of hydrogen-bond donors (Lipinski definition) is 0. The Hall–Kier alpha value is -1.80. The molecule has 61 heavy (non-hydrogen) atoms. The number of nitrogens with zero attached hydrogens (tertiary/aromatic N) is 1. The van der Waals surface area contributed by atoms with E-state index in [-0.39, 0.29) is 25.8 Å². The minimum Gasteiger partial charge on any atom is -0.756 e. The molecule has 0 amide bonds. The highest BCUT2D eigenvalue weighted by Gasteiger charge is 2.20. The Balaban J connectivity index is 4.10. The second kappa shape index (κ2) is 44.8. The number of ether oxygens (including phenoxy) is 2. The fourth-order valence-electron chi connectivity index (χ4n) is 6.65. The van der Waals surface area contributed by atoms with E-state index in [0.717, 1.165) is 77.0 Å². The molecule has 0 saturated heterocycles. The largest absolute Gasteiger partial charge is 0.756 e. The maximum atomic E-state index is 12.7. The van der Waals surface area contributed by atoms with Gasteiger partial charge in [-0.15, -0.1) is 0 Å². The molecular weight excluding hydrogens is 782 g/mol. The van der Waals surface area contributed by atoms with Gasteiger partial charge in [0.15, 0.2) is 0 Å². The molecule has 0 aliphatic heterocycles. The van der Waals surface area contributed by atoms with Crippen molar-refractivity contribution < 1.29 is 37.3 Å². The molecule has 2 unspecified atom stereocenters. The Labute approximate surface area is 377 Å². The molecule has 356 valence electrons. The summed E-state index contributed by atoms with van der Waals surface area (Å²) in [4.78, 5) is 25.1. The van der Waals surface area contributed by atoms with E-state index in [2.05, 4.69) is 74.6 Å². The van der Waals surface area contributed by atoms with Gasteiger partial charge in [-0.2, -0.15) is 0 Å². The summed E-state index contributed by atoms with van der Waals surface area (Å²) >= 11 is 0. The van der Waals surface area contributed by atoms with E-state index in [1.807, 2.05) is 21.1 Å². The van der Waals surface area contributed by atoms with Crippen LogP contribution in [0.1, 0.15) is 206 Å². The number of allylic oxidation sites excluding steroid dienone is 10.